The zero-order chi connectivity index (χ0) is 20.8. The van der Waals surface area contributed by atoms with Crippen molar-refractivity contribution in [3.63, 3.8) is 0 Å². The van der Waals surface area contributed by atoms with Gasteiger partial charge in [-0.05, 0) is 160 Å². The maximum Gasteiger partial charge on any atom is 0.0904 e. The van der Waals surface area contributed by atoms with Gasteiger partial charge in [-0.1, -0.05) is 0 Å². The third-order valence-electron chi connectivity index (χ3n) is 15.8. The molecule has 8 atom stereocenters. The molecular formula is C31H42N2. The van der Waals surface area contributed by atoms with Gasteiger partial charge < -0.3 is 9.80 Å². The Bertz CT molecular complexity index is 859. The van der Waals surface area contributed by atoms with Gasteiger partial charge in [-0.3, -0.25) is 0 Å². The Morgan fingerprint density at radius 3 is 1.18 bits per heavy atom. The molecule has 0 spiro atoms. The molecule has 14 saturated carbocycles. The molecule has 176 valence electrons. The molecule has 16 bridgehead atoms. The van der Waals surface area contributed by atoms with Crippen molar-refractivity contribution in [2.24, 2.45) is 82.9 Å². The Balaban J connectivity index is 0.997. The van der Waals surface area contributed by atoms with E-state index in [1.165, 1.54) is 6.67 Å². The second kappa shape index (κ2) is 5.22. The number of rotatable bonds is 2. The van der Waals surface area contributed by atoms with Gasteiger partial charge in [0.25, 0.3) is 0 Å². The monoisotopic (exact) mass is 442 g/mol. The van der Waals surface area contributed by atoms with Gasteiger partial charge in [-0.2, -0.15) is 0 Å². The summed E-state index contributed by atoms with van der Waals surface area (Å²) >= 11 is 0. The smallest absolute Gasteiger partial charge is 0.0904 e. The van der Waals surface area contributed by atoms with E-state index in [9.17, 15) is 0 Å². The first-order valence-electron chi connectivity index (χ1n) is 15.4. The molecule has 0 radical (unpaired) electrons. The lowest BCUT2D eigenvalue weighted by Gasteiger charge is -2.77. The van der Waals surface area contributed by atoms with Crippen LogP contribution in [0.5, 0.6) is 0 Å². The molecule has 15 rings (SSSR count). The summed E-state index contributed by atoms with van der Waals surface area (Å²) in [4.78, 5) is 6.14. The topological polar surface area (TPSA) is 6.48 Å². The summed E-state index contributed by atoms with van der Waals surface area (Å²) < 4.78 is 0. The van der Waals surface area contributed by atoms with Gasteiger partial charge in [0.05, 0.1) is 6.67 Å². The van der Waals surface area contributed by atoms with E-state index in [1.807, 2.05) is 0 Å². The van der Waals surface area contributed by atoms with Gasteiger partial charge in [0.15, 0.2) is 0 Å². The van der Waals surface area contributed by atoms with Crippen LogP contribution in [0.3, 0.4) is 0 Å². The molecule has 0 saturated heterocycles. The Morgan fingerprint density at radius 1 is 0.424 bits per heavy atom. The van der Waals surface area contributed by atoms with Gasteiger partial charge >= 0.3 is 0 Å². The molecule has 0 N–H and O–H groups in total. The normalized spacial score (nSPS) is 70.1. The molecule has 0 aromatic rings. The molecule has 33 heavy (non-hydrogen) atoms. The summed E-state index contributed by atoms with van der Waals surface area (Å²) in [6.45, 7) is 1.29. The van der Waals surface area contributed by atoms with E-state index in [0.717, 1.165) is 82.9 Å². The molecule has 15 aliphatic rings. The standard InChI is InChI=1S/C31H42N2/c1-2-33(31-14-19-7-24-21-4-17(11-28(24)31)12-29(31)25(21)8-19)15-32(1)30-13-18-5-22-20-3-16(9-26(22)30)10-27(30)23(20)6-18/h1-2,16-29H,3-15H2. The highest BCUT2D eigenvalue weighted by Crippen LogP contribution is 2.76. The van der Waals surface area contributed by atoms with Crippen LogP contribution in [0.25, 0.3) is 0 Å². The summed E-state index contributed by atoms with van der Waals surface area (Å²) in [5.74, 6) is 15.3. The van der Waals surface area contributed by atoms with Crippen molar-refractivity contribution < 1.29 is 0 Å². The van der Waals surface area contributed by atoms with Crippen molar-refractivity contribution in [3.05, 3.63) is 12.4 Å². The van der Waals surface area contributed by atoms with Gasteiger partial charge in [-0.15, -0.1) is 0 Å². The zero-order valence-electron chi connectivity index (χ0n) is 20.3. The van der Waals surface area contributed by atoms with Crippen LogP contribution in [-0.4, -0.2) is 27.5 Å². The lowest BCUT2D eigenvalue weighted by molar-refractivity contribution is -0.272. The SMILES string of the molecule is C1=CN(C23CC4CC5C6CC(CC52)CC3C6C4)CN1C12CC3CC4C5CC(CC41)CC2C5C3. The molecule has 0 aromatic carbocycles. The van der Waals surface area contributed by atoms with Crippen molar-refractivity contribution in [2.75, 3.05) is 6.67 Å². The number of hydrogen-bond acceptors (Lipinski definition) is 2. The van der Waals surface area contributed by atoms with Crippen LogP contribution in [0.1, 0.15) is 77.0 Å². The minimum absolute atomic E-state index is 0.578. The largest absolute Gasteiger partial charge is 0.352 e. The third kappa shape index (κ3) is 1.69. The Morgan fingerprint density at radius 2 is 0.788 bits per heavy atom. The average molecular weight is 443 g/mol. The molecule has 8 unspecified atom stereocenters. The Hall–Kier alpha value is -0.660. The van der Waals surface area contributed by atoms with Crippen LogP contribution in [0.4, 0.5) is 0 Å². The maximum absolute atomic E-state index is 3.07. The third-order valence-corrected chi connectivity index (χ3v) is 15.8. The van der Waals surface area contributed by atoms with E-state index in [4.69, 9.17) is 0 Å². The van der Waals surface area contributed by atoms with Gasteiger partial charge in [0, 0.05) is 23.5 Å². The molecule has 0 amide bonds. The summed E-state index contributed by atoms with van der Waals surface area (Å²) in [5, 5.41) is 0. The predicted octanol–water partition coefficient (Wildman–Crippen LogP) is 5.95. The fourth-order valence-electron chi connectivity index (χ4n) is 15.9. The molecule has 0 aromatic heterocycles. The quantitative estimate of drug-likeness (QED) is 0.521. The zero-order valence-corrected chi connectivity index (χ0v) is 20.3. The van der Waals surface area contributed by atoms with Crippen molar-refractivity contribution in [1.82, 2.24) is 9.80 Å². The second-order valence-corrected chi connectivity index (χ2v) is 16.0. The van der Waals surface area contributed by atoms with Crippen LogP contribution < -0.4 is 0 Å². The Labute approximate surface area is 199 Å². The summed E-state index contributed by atoms with van der Waals surface area (Å²) in [6, 6.07) is 0. The minimum atomic E-state index is 0.578. The first-order valence-corrected chi connectivity index (χ1v) is 15.4. The Kier molecular flexibility index (Phi) is 2.80. The molecule has 14 aliphatic carbocycles. The van der Waals surface area contributed by atoms with Crippen LogP contribution in [-0.2, 0) is 0 Å². The lowest BCUT2D eigenvalue weighted by atomic mass is 9.33. The molecule has 2 nitrogen and oxygen atoms in total. The fraction of sp³-hybridized carbons (Fsp3) is 0.935. The first kappa shape index (κ1) is 17.7. The average Bonchev–Trinajstić information content (AvgIpc) is 3.36. The highest BCUT2D eigenvalue weighted by Gasteiger charge is 2.74. The predicted molar refractivity (Wildman–Crippen MR) is 127 cm³/mol. The number of hydrogen-bond donors (Lipinski definition) is 0. The van der Waals surface area contributed by atoms with E-state index < -0.39 is 0 Å². The highest BCUT2D eigenvalue weighted by atomic mass is 15.4. The van der Waals surface area contributed by atoms with Crippen LogP contribution in [0.15, 0.2) is 12.4 Å². The van der Waals surface area contributed by atoms with Crippen LogP contribution >= 0.6 is 0 Å². The maximum atomic E-state index is 3.07. The van der Waals surface area contributed by atoms with E-state index in [0.29, 0.717) is 11.1 Å². The fourth-order valence-corrected chi connectivity index (χ4v) is 15.9. The minimum Gasteiger partial charge on any atom is -0.352 e. The van der Waals surface area contributed by atoms with Crippen molar-refractivity contribution in [3.8, 4) is 0 Å². The summed E-state index contributed by atoms with van der Waals surface area (Å²) in [7, 11) is 0. The first-order chi connectivity index (χ1) is 16.2. The molecule has 1 aliphatic heterocycles. The lowest BCUT2D eigenvalue weighted by Crippen LogP contribution is -2.77. The van der Waals surface area contributed by atoms with E-state index in [1.54, 1.807) is 77.0 Å². The van der Waals surface area contributed by atoms with Crippen molar-refractivity contribution in [1.29, 1.82) is 0 Å². The highest BCUT2D eigenvalue weighted by molar-refractivity contribution is 5.28. The second-order valence-electron chi connectivity index (χ2n) is 16.0. The van der Waals surface area contributed by atoms with E-state index in [-0.39, 0.29) is 0 Å². The molecular weight excluding hydrogens is 400 g/mol. The molecule has 1 heterocycles. The summed E-state index contributed by atoms with van der Waals surface area (Å²) in [5.41, 5.74) is 1.16. The van der Waals surface area contributed by atoms with E-state index in [2.05, 4.69) is 22.2 Å². The van der Waals surface area contributed by atoms with Gasteiger partial charge in [0.2, 0.25) is 0 Å². The van der Waals surface area contributed by atoms with Gasteiger partial charge in [-0.25, -0.2) is 0 Å². The summed E-state index contributed by atoms with van der Waals surface area (Å²) in [6.07, 6.45) is 24.7. The molecule has 2 heteroatoms. The molecule has 14 fully saturated rings. The van der Waals surface area contributed by atoms with Crippen LogP contribution in [0, 0.1) is 82.9 Å². The van der Waals surface area contributed by atoms with Gasteiger partial charge in [0.1, 0.15) is 0 Å². The van der Waals surface area contributed by atoms with Crippen LogP contribution in [0.2, 0.25) is 0 Å². The van der Waals surface area contributed by atoms with Crippen molar-refractivity contribution >= 4 is 0 Å². The number of nitrogens with zero attached hydrogens (tertiary/aromatic N) is 2. The van der Waals surface area contributed by atoms with E-state index >= 15 is 0 Å². The van der Waals surface area contributed by atoms with Crippen molar-refractivity contribution in [2.45, 2.75) is 88.1 Å².